The number of methoxy groups -OCH3 is 1. The average Bonchev–Trinajstić information content (AvgIpc) is 3.10. The molecule has 1 aromatic heterocycles. The van der Waals surface area contributed by atoms with Crippen molar-refractivity contribution in [2.75, 3.05) is 11.8 Å². The van der Waals surface area contributed by atoms with E-state index in [1.807, 2.05) is 19.1 Å². The number of ether oxygens (including phenoxy) is 1. The number of aryl methyl sites for hydroxylation is 2. The third-order valence-corrected chi connectivity index (χ3v) is 6.72. The van der Waals surface area contributed by atoms with Gasteiger partial charge in [0, 0.05) is 10.9 Å². The molecule has 0 saturated heterocycles. The Hall–Kier alpha value is -2.71. The van der Waals surface area contributed by atoms with Gasteiger partial charge in [0.15, 0.2) is 0 Å². The summed E-state index contributed by atoms with van der Waals surface area (Å²) in [7, 11) is -2.95. The van der Waals surface area contributed by atoms with Crippen LogP contribution < -0.4 is 4.72 Å². The first-order chi connectivity index (χ1) is 13.2. The molecule has 0 atom stereocenters. The lowest BCUT2D eigenvalue weighted by Gasteiger charge is -2.13. The number of benzene rings is 2. The highest BCUT2D eigenvalue weighted by Crippen LogP contribution is 2.37. The number of halogens is 1. The molecule has 0 bridgehead atoms. The van der Waals surface area contributed by atoms with E-state index >= 15 is 0 Å². The molecule has 1 N–H and O–H groups in total. The molecule has 8 heteroatoms. The summed E-state index contributed by atoms with van der Waals surface area (Å²) < 4.78 is 47.0. The molecule has 0 fully saturated rings. The summed E-state index contributed by atoms with van der Waals surface area (Å²) >= 11 is 0.998. The summed E-state index contributed by atoms with van der Waals surface area (Å²) in [4.78, 5) is 12.0. The predicted octanol–water partition coefficient (Wildman–Crippen LogP) is 4.76. The van der Waals surface area contributed by atoms with Crippen LogP contribution in [-0.4, -0.2) is 21.5 Å². The molecular weight excluding hydrogens is 401 g/mol. The fourth-order valence-electron chi connectivity index (χ4n) is 2.72. The van der Waals surface area contributed by atoms with Crippen molar-refractivity contribution in [1.82, 2.24) is 0 Å². The zero-order valence-electron chi connectivity index (χ0n) is 15.4. The minimum absolute atomic E-state index is 0.0228. The van der Waals surface area contributed by atoms with Crippen LogP contribution in [0.25, 0.3) is 11.1 Å². The van der Waals surface area contributed by atoms with Crippen LogP contribution in [0.15, 0.2) is 52.7 Å². The third-order valence-electron chi connectivity index (χ3n) is 4.18. The molecule has 0 saturated carbocycles. The number of carbonyl (C=O) groups excluding carboxylic acids is 1. The largest absolute Gasteiger partial charge is 0.465 e. The zero-order valence-corrected chi connectivity index (χ0v) is 17.1. The van der Waals surface area contributed by atoms with Gasteiger partial charge in [-0.05, 0) is 43.2 Å². The highest BCUT2D eigenvalue weighted by atomic mass is 32.2. The Balaban J connectivity index is 2.15. The predicted molar refractivity (Wildman–Crippen MR) is 108 cm³/mol. The van der Waals surface area contributed by atoms with E-state index in [9.17, 15) is 17.6 Å². The van der Waals surface area contributed by atoms with Crippen LogP contribution in [0.2, 0.25) is 0 Å². The van der Waals surface area contributed by atoms with E-state index in [1.165, 1.54) is 25.3 Å². The van der Waals surface area contributed by atoms with Crippen molar-refractivity contribution in [3.8, 4) is 11.1 Å². The van der Waals surface area contributed by atoms with Gasteiger partial charge in [0.25, 0.3) is 10.0 Å². The van der Waals surface area contributed by atoms with E-state index in [0.717, 1.165) is 16.9 Å². The van der Waals surface area contributed by atoms with Crippen LogP contribution in [0.4, 0.5) is 10.1 Å². The SMILES string of the molecule is COC(=O)c1scc(-c2ccc(C)cc2)c1S(=O)(=O)Nc1ccc(F)cc1C. The summed E-state index contributed by atoms with van der Waals surface area (Å²) in [5.41, 5.74) is 2.75. The van der Waals surface area contributed by atoms with E-state index in [0.29, 0.717) is 16.7 Å². The van der Waals surface area contributed by atoms with Crippen molar-refractivity contribution >= 4 is 33.0 Å². The second-order valence-electron chi connectivity index (χ2n) is 6.23. The van der Waals surface area contributed by atoms with Gasteiger partial charge < -0.3 is 4.74 Å². The molecule has 2 aromatic carbocycles. The minimum atomic E-state index is -4.14. The van der Waals surface area contributed by atoms with Gasteiger partial charge in [-0.1, -0.05) is 29.8 Å². The van der Waals surface area contributed by atoms with Crippen molar-refractivity contribution in [3.63, 3.8) is 0 Å². The Morgan fingerprint density at radius 1 is 1.11 bits per heavy atom. The summed E-state index contributed by atoms with van der Waals surface area (Å²) in [6.45, 7) is 3.52. The van der Waals surface area contributed by atoms with Crippen LogP contribution in [0.1, 0.15) is 20.8 Å². The quantitative estimate of drug-likeness (QED) is 0.605. The molecule has 146 valence electrons. The number of sulfonamides is 1. The number of nitrogens with one attached hydrogen (secondary N) is 1. The van der Waals surface area contributed by atoms with Gasteiger partial charge in [-0.3, -0.25) is 4.72 Å². The van der Waals surface area contributed by atoms with Gasteiger partial charge in [-0.2, -0.15) is 0 Å². The van der Waals surface area contributed by atoms with Crippen molar-refractivity contribution in [3.05, 3.63) is 69.7 Å². The van der Waals surface area contributed by atoms with Gasteiger partial charge in [0.1, 0.15) is 15.6 Å². The number of carbonyl (C=O) groups is 1. The van der Waals surface area contributed by atoms with Gasteiger partial charge >= 0.3 is 5.97 Å². The molecular formula is C20H18FNO4S2. The molecule has 0 aliphatic heterocycles. The van der Waals surface area contributed by atoms with Crippen molar-refractivity contribution in [1.29, 1.82) is 0 Å². The molecule has 0 aliphatic carbocycles. The van der Waals surface area contributed by atoms with Crippen LogP contribution >= 0.6 is 11.3 Å². The van der Waals surface area contributed by atoms with Crippen LogP contribution in [0.3, 0.4) is 0 Å². The monoisotopic (exact) mass is 419 g/mol. The number of anilines is 1. The standard InChI is InChI=1S/C20H18FNO4S2/c1-12-4-6-14(7-5-12)16-11-27-18(20(23)26-3)19(16)28(24,25)22-17-9-8-15(21)10-13(17)2/h4-11,22H,1-3H3. The first-order valence-electron chi connectivity index (χ1n) is 8.28. The first kappa shape index (κ1) is 20.0. The maximum Gasteiger partial charge on any atom is 0.349 e. The molecule has 0 radical (unpaired) electrons. The van der Waals surface area contributed by atoms with Crippen LogP contribution in [-0.2, 0) is 14.8 Å². The highest BCUT2D eigenvalue weighted by molar-refractivity contribution is 7.93. The van der Waals surface area contributed by atoms with Gasteiger partial charge in [-0.15, -0.1) is 11.3 Å². The summed E-state index contributed by atoms with van der Waals surface area (Å²) in [6.07, 6.45) is 0. The molecule has 0 aliphatic rings. The fraction of sp³-hybridized carbons (Fsp3) is 0.150. The first-order valence-corrected chi connectivity index (χ1v) is 10.6. The molecule has 0 spiro atoms. The summed E-state index contributed by atoms with van der Waals surface area (Å²) in [5, 5.41) is 1.61. The molecule has 1 heterocycles. The fourth-order valence-corrected chi connectivity index (χ4v) is 5.57. The number of hydrogen-bond acceptors (Lipinski definition) is 5. The van der Waals surface area contributed by atoms with Crippen molar-refractivity contribution in [2.24, 2.45) is 0 Å². The van der Waals surface area contributed by atoms with Crippen molar-refractivity contribution in [2.45, 2.75) is 18.7 Å². The lowest BCUT2D eigenvalue weighted by molar-refractivity contribution is 0.0602. The third kappa shape index (κ3) is 3.93. The van der Waals surface area contributed by atoms with Crippen molar-refractivity contribution < 1.29 is 22.3 Å². The molecule has 3 rings (SSSR count). The van der Waals surface area contributed by atoms with E-state index < -0.39 is 21.8 Å². The Labute approximate surface area is 166 Å². The molecule has 5 nitrogen and oxygen atoms in total. The van der Waals surface area contributed by atoms with E-state index in [1.54, 1.807) is 24.4 Å². The molecule has 0 unspecified atom stereocenters. The van der Waals surface area contributed by atoms with E-state index in [4.69, 9.17) is 4.74 Å². The van der Waals surface area contributed by atoms with Crippen LogP contribution in [0.5, 0.6) is 0 Å². The number of thiophene rings is 1. The lowest BCUT2D eigenvalue weighted by Crippen LogP contribution is -2.17. The molecule has 28 heavy (non-hydrogen) atoms. The minimum Gasteiger partial charge on any atom is -0.465 e. The molecule has 0 amide bonds. The Bertz CT molecular complexity index is 1140. The second-order valence-corrected chi connectivity index (χ2v) is 8.73. The number of hydrogen-bond donors (Lipinski definition) is 1. The van der Waals surface area contributed by atoms with E-state index in [2.05, 4.69) is 4.72 Å². The van der Waals surface area contributed by atoms with E-state index in [-0.39, 0.29) is 15.5 Å². The normalized spacial score (nSPS) is 11.3. The zero-order chi connectivity index (χ0) is 20.5. The second kappa shape index (κ2) is 7.73. The Morgan fingerprint density at radius 2 is 1.79 bits per heavy atom. The van der Waals surface area contributed by atoms with Gasteiger partial charge in [-0.25, -0.2) is 17.6 Å². The topological polar surface area (TPSA) is 72.5 Å². The van der Waals surface area contributed by atoms with Crippen LogP contribution in [0, 0.1) is 19.7 Å². The van der Waals surface area contributed by atoms with Gasteiger partial charge in [0.2, 0.25) is 0 Å². The lowest BCUT2D eigenvalue weighted by atomic mass is 10.1. The number of esters is 1. The number of rotatable bonds is 5. The van der Waals surface area contributed by atoms with Gasteiger partial charge in [0.05, 0.1) is 12.8 Å². The maximum absolute atomic E-state index is 13.4. The maximum atomic E-state index is 13.4. The Kier molecular flexibility index (Phi) is 5.53. The summed E-state index contributed by atoms with van der Waals surface area (Å²) in [6, 6.07) is 11.0. The smallest absolute Gasteiger partial charge is 0.349 e. The molecule has 3 aromatic rings. The average molecular weight is 419 g/mol. The highest BCUT2D eigenvalue weighted by Gasteiger charge is 2.30. The Morgan fingerprint density at radius 3 is 2.39 bits per heavy atom. The summed E-state index contributed by atoms with van der Waals surface area (Å²) in [5.74, 6) is -1.20.